The molecule has 10 heteroatoms. The van der Waals surface area contributed by atoms with E-state index >= 15 is 0 Å². The van der Waals surface area contributed by atoms with E-state index in [1.165, 1.54) is 0 Å². The van der Waals surface area contributed by atoms with Crippen molar-refractivity contribution in [2.24, 2.45) is 5.92 Å². The first-order valence-corrected chi connectivity index (χ1v) is 3.16. The molecule has 0 aromatic rings. The third kappa shape index (κ3) is 12.3. The predicted octanol–water partition coefficient (Wildman–Crippen LogP) is -14.4. The molecular weight excluding hydrogens is 301 g/mol. The van der Waals surface area contributed by atoms with Crippen molar-refractivity contribution in [3.05, 3.63) is 0 Å². The SMILES string of the molecule is O=C([O-])CC(C(=O)[O-])C(O)C(=O)[O-].[K+].[K+].[K+]. The molecule has 7 nitrogen and oxygen atoms in total. The third-order valence-electron chi connectivity index (χ3n) is 1.31. The van der Waals surface area contributed by atoms with E-state index in [-0.39, 0.29) is 154 Å². The van der Waals surface area contributed by atoms with Crippen molar-refractivity contribution in [3.8, 4) is 0 Å². The van der Waals surface area contributed by atoms with Gasteiger partial charge in [0.2, 0.25) is 0 Å². The number of carboxylic acid groups (broad SMARTS) is 3. The third-order valence-corrected chi connectivity index (χ3v) is 1.31. The number of aliphatic carboxylic acids is 3. The summed E-state index contributed by atoms with van der Waals surface area (Å²) in [5.74, 6) is -7.92. The van der Waals surface area contributed by atoms with E-state index in [1.54, 1.807) is 0 Å². The van der Waals surface area contributed by atoms with Gasteiger partial charge in [-0.1, -0.05) is 0 Å². The molecule has 0 spiro atoms. The fourth-order valence-corrected chi connectivity index (χ4v) is 0.668. The van der Waals surface area contributed by atoms with Gasteiger partial charge in [0.15, 0.2) is 0 Å². The Morgan fingerprint density at radius 1 is 0.938 bits per heavy atom. The Morgan fingerprint density at radius 3 is 1.50 bits per heavy atom. The zero-order chi connectivity index (χ0) is 10.6. The Bertz CT molecular complexity index is 244. The molecule has 0 heterocycles. The van der Waals surface area contributed by atoms with Crippen molar-refractivity contribution in [2.75, 3.05) is 0 Å². The normalized spacial score (nSPS) is 11.8. The van der Waals surface area contributed by atoms with E-state index in [0.29, 0.717) is 0 Å². The summed E-state index contributed by atoms with van der Waals surface area (Å²) in [7, 11) is 0. The second-order valence-electron chi connectivity index (χ2n) is 2.27. The Hall–Kier alpha value is 3.28. The van der Waals surface area contributed by atoms with Gasteiger partial charge in [0.25, 0.3) is 0 Å². The van der Waals surface area contributed by atoms with Crippen LogP contribution in [0.2, 0.25) is 0 Å². The van der Waals surface area contributed by atoms with Crippen LogP contribution in [0.5, 0.6) is 0 Å². The molecule has 0 radical (unpaired) electrons. The fraction of sp³-hybridized carbons (Fsp3) is 0.500. The van der Waals surface area contributed by atoms with Gasteiger partial charge in [-0.25, -0.2) is 0 Å². The monoisotopic (exact) mass is 306 g/mol. The molecule has 2 atom stereocenters. The molecule has 0 aromatic heterocycles. The smallest absolute Gasteiger partial charge is 0.550 e. The number of hydrogen-bond donors (Lipinski definition) is 1. The maximum Gasteiger partial charge on any atom is 1.00 e. The molecule has 2 unspecified atom stereocenters. The maximum atomic E-state index is 10.1. The van der Waals surface area contributed by atoms with Crippen LogP contribution in [0.1, 0.15) is 6.42 Å². The average Bonchev–Trinajstić information content (AvgIpc) is 1.97. The van der Waals surface area contributed by atoms with Crippen LogP contribution in [0, 0.1) is 5.92 Å². The molecule has 0 aliphatic heterocycles. The molecular formula is C6H5K3O7. The number of carbonyl (C=O) groups is 3. The number of carbonyl (C=O) groups excluding carboxylic acids is 3. The molecule has 0 aliphatic rings. The van der Waals surface area contributed by atoms with E-state index in [2.05, 4.69) is 0 Å². The molecule has 0 amide bonds. The summed E-state index contributed by atoms with van der Waals surface area (Å²) in [4.78, 5) is 30.0. The molecule has 0 aromatic carbocycles. The van der Waals surface area contributed by atoms with Crippen LogP contribution in [-0.2, 0) is 14.4 Å². The van der Waals surface area contributed by atoms with Gasteiger partial charge in [-0.3, -0.25) is 0 Å². The zero-order valence-electron chi connectivity index (χ0n) is 9.26. The van der Waals surface area contributed by atoms with Crippen LogP contribution in [-0.4, -0.2) is 29.1 Å². The average molecular weight is 306 g/mol. The summed E-state index contributed by atoms with van der Waals surface area (Å²) in [6.07, 6.45) is -3.56. The van der Waals surface area contributed by atoms with E-state index in [0.717, 1.165) is 0 Å². The van der Waals surface area contributed by atoms with Crippen LogP contribution in [0.25, 0.3) is 0 Å². The van der Waals surface area contributed by atoms with Crippen LogP contribution in [0.3, 0.4) is 0 Å². The number of carboxylic acids is 3. The number of aliphatic hydroxyl groups excluding tert-OH is 1. The van der Waals surface area contributed by atoms with E-state index in [4.69, 9.17) is 5.11 Å². The first-order chi connectivity index (χ1) is 5.86. The number of rotatable bonds is 5. The van der Waals surface area contributed by atoms with Gasteiger partial charge in [0.1, 0.15) is 6.10 Å². The van der Waals surface area contributed by atoms with Crippen LogP contribution in [0.4, 0.5) is 0 Å². The van der Waals surface area contributed by atoms with Crippen molar-refractivity contribution < 1.29 is 189 Å². The van der Waals surface area contributed by atoms with E-state index in [1.807, 2.05) is 0 Å². The van der Waals surface area contributed by atoms with Gasteiger partial charge in [-0.15, -0.1) is 0 Å². The summed E-state index contributed by atoms with van der Waals surface area (Å²) >= 11 is 0. The van der Waals surface area contributed by atoms with Crippen LogP contribution < -0.4 is 169 Å². The minimum atomic E-state index is -2.41. The van der Waals surface area contributed by atoms with Crippen molar-refractivity contribution in [1.29, 1.82) is 0 Å². The minimum Gasteiger partial charge on any atom is -0.550 e. The molecule has 1 N–H and O–H groups in total. The first-order valence-electron chi connectivity index (χ1n) is 3.16. The molecule has 0 saturated carbocycles. The van der Waals surface area contributed by atoms with Gasteiger partial charge >= 0.3 is 154 Å². The molecule has 0 bridgehead atoms. The van der Waals surface area contributed by atoms with Crippen LogP contribution >= 0.6 is 0 Å². The van der Waals surface area contributed by atoms with Gasteiger partial charge in [0.05, 0.1) is 5.97 Å². The number of hydrogen-bond acceptors (Lipinski definition) is 7. The molecule has 0 fully saturated rings. The zero-order valence-corrected chi connectivity index (χ0v) is 18.6. The molecule has 0 rings (SSSR count). The minimum absolute atomic E-state index is 0. The molecule has 74 valence electrons. The summed E-state index contributed by atoms with van der Waals surface area (Å²) < 4.78 is 0. The Balaban J connectivity index is -0.000000240. The van der Waals surface area contributed by atoms with Gasteiger partial charge in [-0.2, -0.15) is 0 Å². The second-order valence-corrected chi connectivity index (χ2v) is 2.27. The van der Waals surface area contributed by atoms with E-state index < -0.39 is 36.4 Å². The quantitative estimate of drug-likeness (QED) is 0.497. The fourth-order valence-electron chi connectivity index (χ4n) is 0.668. The standard InChI is InChI=1S/C6H8O7.3K/c7-3(8)1-2(5(10)11)4(9)6(12)13;;;/h2,4,9H,1H2,(H,7,8)(H,10,11)(H,12,13);;;/q;3*+1/p-3. The number of aliphatic hydroxyl groups is 1. The summed E-state index contributed by atoms with van der Waals surface area (Å²) in [6, 6.07) is 0. The second kappa shape index (κ2) is 14.7. The predicted molar refractivity (Wildman–Crippen MR) is 29.1 cm³/mol. The summed E-state index contributed by atoms with van der Waals surface area (Å²) in [6.45, 7) is 0. The van der Waals surface area contributed by atoms with E-state index in [9.17, 15) is 29.7 Å². The van der Waals surface area contributed by atoms with Crippen molar-refractivity contribution in [2.45, 2.75) is 12.5 Å². The van der Waals surface area contributed by atoms with Gasteiger partial charge in [-0.05, 0) is 6.42 Å². The first kappa shape index (κ1) is 27.6. The Labute approximate surface area is 219 Å². The Kier molecular flexibility index (Phi) is 25.3. The largest absolute Gasteiger partial charge is 1.00 e. The van der Waals surface area contributed by atoms with Gasteiger partial charge < -0.3 is 34.8 Å². The molecule has 16 heavy (non-hydrogen) atoms. The molecule has 0 saturated heterocycles. The Morgan fingerprint density at radius 2 is 1.31 bits per heavy atom. The van der Waals surface area contributed by atoms with Crippen molar-refractivity contribution in [1.82, 2.24) is 0 Å². The topological polar surface area (TPSA) is 141 Å². The van der Waals surface area contributed by atoms with Crippen LogP contribution in [0.15, 0.2) is 0 Å². The summed E-state index contributed by atoms with van der Waals surface area (Å²) in [5.41, 5.74) is 0. The summed E-state index contributed by atoms with van der Waals surface area (Å²) in [5, 5.41) is 38.6. The van der Waals surface area contributed by atoms with Crippen molar-refractivity contribution >= 4 is 17.9 Å². The molecule has 0 aliphatic carbocycles. The maximum absolute atomic E-state index is 10.1. The van der Waals surface area contributed by atoms with Gasteiger partial charge in [0, 0.05) is 17.9 Å². The van der Waals surface area contributed by atoms with Crippen molar-refractivity contribution in [3.63, 3.8) is 0 Å².